The van der Waals surface area contributed by atoms with Crippen LogP contribution in [0, 0.1) is 5.92 Å². The molecule has 0 amide bonds. The molecular weight excluding hydrogens is 248 g/mol. The second-order valence-corrected chi connectivity index (χ2v) is 5.36. The van der Waals surface area contributed by atoms with E-state index in [0.717, 1.165) is 11.6 Å². The summed E-state index contributed by atoms with van der Waals surface area (Å²) in [6.07, 6.45) is 6.17. The first-order chi connectivity index (χ1) is 9.13. The molecular formula is C15H21F2NO. The van der Waals surface area contributed by atoms with E-state index in [1.807, 2.05) is 0 Å². The summed E-state index contributed by atoms with van der Waals surface area (Å²) < 4.78 is 28.4. The Labute approximate surface area is 113 Å². The number of halogens is 2. The van der Waals surface area contributed by atoms with Crippen LogP contribution >= 0.6 is 0 Å². The zero-order chi connectivity index (χ0) is 13.7. The van der Waals surface area contributed by atoms with Gasteiger partial charge in [-0.25, -0.2) is 0 Å². The van der Waals surface area contributed by atoms with Crippen LogP contribution in [0.2, 0.25) is 0 Å². The van der Waals surface area contributed by atoms with Gasteiger partial charge in [-0.15, -0.1) is 0 Å². The van der Waals surface area contributed by atoms with Gasteiger partial charge in [-0.3, -0.25) is 0 Å². The maximum absolute atomic E-state index is 12.0. The molecule has 0 bridgehead atoms. The smallest absolute Gasteiger partial charge is 0.387 e. The number of benzene rings is 1. The van der Waals surface area contributed by atoms with Crippen molar-refractivity contribution in [1.29, 1.82) is 0 Å². The standard InChI is InChI=1S/C15H21F2NO/c1-11-3-2-4-12(6-5-11)18-13-7-9-14(10-8-13)19-15(16)17/h7-12,15,18H,2-6H2,1H3. The van der Waals surface area contributed by atoms with E-state index < -0.39 is 6.61 Å². The molecule has 1 N–H and O–H groups in total. The molecule has 0 aromatic heterocycles. The Morgan fingerprint density at radius 3 is 2.53 bits per heavy atom. The van der Waals surface area contributed by atoms with Crippen molar-refractivity contribution in [3.8, 4) is 5.75 Å². The molecule has 0 heterocycles. The van der Waals surface area contributed by atoms with E-state index in [2.05, 4.69) is 17.0 Å². The molecule has 1 aliphatic carbocycles. The SMILES string of the molecule is CC1CCCC(Nc2ccc(OC(F)F)cc2)CC1. The summed E-state index contributed by atoms with van der Waals surface area (Å²) in [5.74, 6) is 1.02. The predicted octanol–water partition coefficient (Wildman–Crippen LogP) is 4.67. The number of anilines is 1. The molecule has 0 saturated heterocycles. The van der Waals surface area contributed by atoms with Gasteiger partial charge in [0.05, 0.1) is 0 Å². The zero-order valence-electron chi connectivity index (χ0n) is 11.2. The van der Waals surface area contributed by atoms with Crippen LogP contribution < -0.4 is 10.1 Å². The third-order valence-electron chi connectivity index (χ3n) is 3.71. The number of hydrogen-bond donors (Lipinski definition) is 1. The Bertz CT molecular complexity index is 380. The van der Waals surface area contributed by atoms with Gasteiger partial charge in [0.25, 0.3) is 0 Å². The zero-order valence-corrected chi connectivity index (χ0v) is 11.2. The van der Waals surface area contributed by atoms with Crippen LogP contribution in [0.4, 0.5) is 14.5 Å². The number of hydrogen-bond acceptors (Lipinski definition) is 2. The van der Waals surface area contributed by atoms with Crippen LogP contribution in [-0.4, -0.2) is 12.7 Å². The van der Waals surface area contributed by atoms with E-state index in [9.17, 15) is 8.78 Å². The van der Waals surface area contributed by atoms with Crippen molar-refractivity contribution in [3.63, 3.8) is 0 Å². The van der Waals surface area contributed by atoms with Crippen molar-refractivity contribution in [1.82, 2.24) is 0 Å². The van der Waals surface area contributed by atoms with E-state index in [0.29, 0.717) is 6.04 Å². The lowest BCUT2D eigenvalue weighted by Crippen LogP contribution is -2.18. The van der Waals surface area contributed by atoms with Gasteiger partial charge >= 0.3 is 6.61 Å². The first-order valence-electron chi connectivity index (χ1n) is 6.95. The summed E-state index contributed by atoms with van der Waals surface area (Å²) in [5.41, 5.74) is 0.973. The molecule has 2 unspecified atom stereocenters. The van der Waals surface area contributed by atoms with Crippen molar-refractivity contribution in [2.24, 2.45) is 5.92 Å². The molecule has 2 atom stereocenters. The highest BCUT2D eigenvalue weighted by atomic mass is 19.3. The summed E-state index contributed by atoms with van der Waals surface area (Å²) >= 11 is 0. The van der Waals surface area contributed by atoms with Crippen molar-refractivity contribution >= 4 is 5.69 Å². The van der Waals surface area contributed by atoms with E-state index >= 15 is 0 Å². The van der Waals surface area contributed by atoms with Gasteiger partial charge in [-0.1, -0.05) is 19.8 Å². The van der Waals surface area contributed by atoms with Crippen molar-refractivity contribution in [2.75, 3.05) is 5.32 Å². The molecule has 1 saturated carbocycles. The van der Waals surface area contributed by atoms with Gasteiger partial charge in [0.2, 0.25) is 0 Å². The van der Waals surface area contributed by atoms with Gasteiger partial charge in [-0.05, 0) is 49.4 Å². The summed E-state index contributed by atoms with van der Waals surface area (Å²) in [6, 6.07) is 7.24. The Hall–Kier alpha value is -1.32. The fraction of sp³-hybridized carbons (Fsp3) is 0.600. The number of ether oxygens (including phenoxy) is 1. The number of rotatable bonds is 4. The highest BCUT2D eigenvalue weighted by Crippen LogP contribution is 2.26. The van der Waals surface area contributed by atoms with Crippen molar-refractivity contribution < 1.29 is 13.5 Å². The van der Waals surface area contributed by atoms with Crippen molar-refractivity contribution in [3.05, 3.63) is 24.3 Å². The number of alkyl halides is 2. The molecule has 0 aliphatic heterocycles. The van der Waals surface area contributed by atoms with Crippen molar-refractivity contribution in [2.45, 2.75) is 51.7 Å². The van der Waals surface area contributed by atoms with E-state index in [4.69, 9.17) is 0 Å². The van der Waals surface area contributed by atoms with Crippen LogP contribution in [0.5, 0.6) is 5.75 Å². The minimum atomic E-state index is -2.76. The fourth-order valence-electron chi connectivity index (χ4n) is 2.60. The van der Waals surface area contributed by atoms with Crippen LogP contribution in [0.15, 0.2) is 24.3 Å². The normalized spacial score (nSPS) is 24.0. The maximum atomic E-state index is 12.0. The average Bonchev–Trinajstić information content (AvgIpc) is 2.56. The molecule has 0 spiro atoms. The predicted molar refractivity (Wildman–Crippen MR) is 72.7 cm³/mol. The summed E-state index contributed by atoms with van der Waals surface area (Å²) in [4.78, 5) is 0. The Balaban J connectivity index is 1.88. The molecule has 2 rings (SSSR count). The van der Waals surface area contributed by atoms with Gasteiger partial charge in [0.1, 0.15) is 5.75 Å². The van der Waals surface area contributed by atoms with Gasteiger partial charge in [0, 0.05) is 11.7 Å². The first kappa shape index (κ1) is 14.1. The lowest BCUT2D eigenvalue weighted by Gasteiger charge is -2.18. The number of nitrogens with one attached hydrogen (secondary N) is 1. The second kappa shape index (κ2) is 6.73. The van der Waals surface area contributed by atoms with Gasteiger partial charge in [0.15, 0.2) is 0 Å². The molecule has 2 nitrogen and oxygen atoms in total. The molecule has 19 heavy (non-hydrogen) atoms. The third-order valence-corrected chi connectivity index (χ3v) is 3.71. The minimum Gasteiger partial charge on any atom is -0.435 e. The quantitative estimate of drug-likeness (QED) is 0.802. The maximum Gasteiger partial charge on any atom is 0.387 e. The van der Waals surface area contributed by atoms with Crippen LogP contribution in [0.3, 0.4) is 0 Å². The van der Waals surface area contributed by atoms with Gasteiger partial charge < -0.3 is 10.1 Å². The lowest BCUT2D eigenvalue weighted by atomic mass is 10.0. The topological polar surface area (TPSA) is 21.3 Å². The van der Waals surface area contributed by atoms with Crippen LogP contribution in [0.1, 0.15) is 39.0 Å². The molecule has 4 heteroatoms. The molecule has 0 radical (unpaired) electrons. The summed E-state index contributed by atoms with van der Waals surface area (Å²) in [6.45, 7) is -0.457. The Morgan fingerprint density at radius 2 is 1.84 bits per heavy atom. The van der Waals surface area contributed by atoms with Gasteiger partial charge in [-0.2, -0.15) is 8.78 Å². The molecule has 106 valence electrons. The Kier molecular flexibility index (Phi) is 5.00. The van der Waals surface area contributed by atoms with Crippen LogP contribution in [-0.2, 0) is 0 Å². The summed E-state index contributed by atoms with van der Waals surface area (Å²) in [5, 5.41) is 3.48. The highest BCUT2D eigenvalue weighted by Gasteiger charge is 2.15. The second-order valence-electron chi connectivity index (χ2n) is 5.36. The minimum absolute atomic E-state index is 0.204. The van der Waals surface area contributed by atoms with E-state index in [1.165, 1.54) is 32.1 Å². The lowest BCUT2D eigenvalue weighted by molar-refractivity contribution is -0.0498. The molecule has 1 aromatic rings. The fourth-order valence-corrected chi connectivity index (χ4v) is 2.60. The molecule has 1 aliphatic rings. The Morgan fingerprint density at radius 1 is 1.11 bits per heavy atom. The average molecular weight is 269 g/mol. The van der Waals surface area contributed by atoms with E-state index in [1.54, 1.807) is 24.3 Å². The highest BCUT2D eigenvalue weighted by molar-refractivity contribution is 5.47. The summed E-state index contributed by atoms with van der Waals surface area (Å²) in [7, 11) is 0. The largest absolute Gasteiger partial charge is 0.435 e. The molecule has 1 aromatic carbocycles. The van der Waals surface area contributed by atoms with Crippen LogP contribution in [0.25, 0.3) is 0 Å². The monoisotopic (exact) mass is 269 g/mol. The third kappa shape index (κ3) is 4.69. The first-order valence-corrected chi connectivity index (χ1v) is 6.95. The molecule has 1 fully saturated rings. The van der Waals surface area contributed by atoms with E-state index in [-0.39, 0.29) is 5.75 Å².